The topological polar surface area (TPSA) is 44.2 Å². The van der Waals surface area contributed by atoms with Crippen LogP contribution in [0.15, 0.2) is 54.7 Å². The number of rotatable bonds is 6. The Morgan fingerprint density at radius 2 is 1.71 bits per heavy atom. The van der Waals surface area contributed by atoms with Crippen molar-refractivity contribution in [2.45, 2.75) is 58.2 Å². The molecular weight excluding hydrogens is 400 g/mol. The van der Waals surface area contributed by atoms with Crippen LogP contribution in [0.3, 0.4) is 0 Å². The highest BCUT2D eigenvalue weighted by Gasteiger charge is 2.53. The summed E-state index contributed by atoms with van der Waals surface area (Å²) in [6, 6.07) is 16.7. The number of benzene rings is 1. The molecule has 1 aliphatic heterocycles. The van der Waals surface area contributed by atoms with Crippen LogP contribution in [0.1, 0.15) is 52.7 Å². The highest BCUT2D eigenvalue weighted by Crippen LogP contribution is 2.47. The fourth-order valence-electron chi connectivity index (χ4n) is 5.01. The Morgan fingerprint density at radius 1 is 1.00 bits per heavy atom. The zero-order chi connectivity index (χ0) is 22.2. The van der Waals surface area contributed by atoms with Crippen molar-refractivity contribution in [3.63, 3.8) is 0 Å². The van der Waals surface area contributed by atoms with Crippen molar-refractivity contribution >= 4 is 13.5 Å². The molecule has 1 aromatic carbocycles. The Morgan fingerprint density at radius 3 is 2.26 bits per heavy atom. The van der Waals surface area contributed by atoms with Gasteiger partial charge in [0, 0.05) is 28.6 Å². The molecule has 0 amide bonds. The van der Waals surface area contributed by atoms with E-state index in [4.69, 9.17) is 14.1 Å². The van der Waals surface area contributed by atoms with Crippen LogP contribution in [0.2, 0.25) is 11.1 Å². The van der Waals surface area contributed by atoms with E-state index >= 15 is 0 Å². The SMILES string of the molecule is CC[C@H]1O[Si](C(C)C)(C(C)C)c2c1cc(-c1ccc(OC)nc1)nc2-c1ccccc1. The van der Waals surface area contributed by atoms with Crippen LogP contribution in [-0.4, -0.2) is 25.4 Å². The molecule has 1 aliphatic rings. The maximum Gasteiger partial charge on any atom is 0.232 e. The third kappa shape index (κ3) is 3.60. The van der Waals surface area contributed by atoms with Crippen LogP contribution in [0.4, 0.5) is 0 Å². The number of nitrogens with zero attached hydrogens (tertiary/aromatic N) is 2. The van der Waals surface area contributed by atoms with E-state index in [1.54, 1.807) is 7.11 Å². The summed E-state index contributed by atoms with van der Waals surface area (Å²) in [5.74, 6) is 0.606. The average molecular weight is 433 g/mol. The van der Waals surface area contributed by atoms with Crippen molar-refractivity contribution in [1.82, 2.24) is 9.97 Å². The number of hydrogen-bond acceptors (Lipinski definition) is 4. The van der Waals surface area contributed by atoms with E-state index in [1.165, 1.54) is 10.8 Å². The number of hydrogen-bond donors (Lipinski definition) is 0. The predicted octanol–water partition coefficient (Wildman–Crippen LogP) is 6.27. The molecule has 0 saturated heterocycles. The smallest absolute Gasteiger partial charge is 0.232 e. The minimum atomic E-state index is -2.26. The van der Waals surface area contributed by atoms with Crippen molar-refractivity contribution < 1.29 is 9.16 Å². The first-order chi connectivity index (χ1) is 14.9. The number of ether oxygens (including phenoxy) is 1. The summed E-state index contributed by atoms with van der Waals surface area (Å²) in [5.41, 5.74) is 6.39. The van der Waals surface area contributed by atoms with Crippen LogP contribution >= 0.6 is 0 Å². The minimum Gasteiger partial charge on any atom is -0.481 e. The highest BCUT2D eigenvalue weighted by atomic mass is 28.4. The van der Waals surface area contributed by atoms with Gasteiger partial charge >= 0.3 is 0 Å². The van der Waals surface area contributed by atoms with E-state index in [9.17, 15) is 0 Å². The summed E-state index contributed by atoms with van der Waals surface area (Å²) in [6.45, 7) is 11.5. The van der Waals surface area contributed by atoms with E-state index in [0.29, 0.717) is 17.0 Å². The monoisotopic (exact) mass is 432 g/mol. The molecule has 2 aromatic heterocycles. The Balaban J connectivity index is 2.02. The molecule has 1 atom stereocenters. The molecule has 0 aliphatic carbocycles. The molecule has 0 bridgehead atoms. The van der Waals surface area contributed by atoms with Crippen molar-refractivity contribution in [3.05, 3.63) is 60.3 Å². The standard InChI is InChI=1S/C26H32N2O2Si/c1-7-23-21-15-22(20-13-14-24(29-6)27-16-20)28-25(19-11-9-8-10-12-19)26(21)31(30-23,17(2)3)18(4)5/h8-18,23H,7H2,1-6H3/t23-/m1/s1. The van der Waals surface area contributed by atoms with Crippen LogP contribution in [0, 0.1) is 0 Å². The van der Waals surface area contributed by atoms with Gasteiger partial charge in [-0.3, -0.25) is 0 Å². The molecule has 3 aromatic rings. The second-order valence-corrected chi connectivity index (χ2v) is 13.5. The van der Waals surface area contributed by atoms with Crippen LogP contribution in [0.25, 0.3) is 22.5 Å². The Kier molecular flexibility index (Phi) is 6.00. The third-order valence-electron chi connectivity index (χ3n) is 6.50. The summed E-state index contributed by atoms with van der Waals surface area (Å²) < 4.78 is 12.3. The first-order valence-electron chi connectivity index (χ1n) is 11.2. The van der Waals surface area contributed by atoms with Gasteiger partial charge in [0.15, 0.2) is 0 Å². The fraction of sp³-hybridized carbons (Fsp3) is 0.385. The van der Waals surface area contributed by atoms with Gasteiger partial charge in [-0.25, -0.2) is 9.97 Å². The Labute approximate surface area is 186 Å². The van der Waals surface area contributed by atoms with E-state index < -0.39 is 8.32 Å². The zero-order valence-electron chi connectivity index (χ0n) is 19.3. The maximum atomic E-state index is 7.04. The lowest BCUT2D eigenvalue weighted by atomic mass is 10.0. The second kappa shape index (κ2) is 8.56. The molecule has 0 N–H and O–H groups in total. The number of fused-ring (bicyclic) bond motifs is 1. The van der Waals surface area contributed by atoms with E-state index in [1.807, 2.05) is 18.3 Å². The minimum absolute atomic E-state index is 0.113. The summed E-state index contributed by atoms with van der Waals surface area (Å²) in [7, 11) is -0.623. The number of methoxy groups -OCH3 is 1. The number of aromatic nitrogens is 2. The Bertz CT molecular complexity index is 1040. The molecule has 3 heterocycles. The molecule has 5 heteroatoms. The lowest BCUT2D eigenvalue weighted by Crippen LogP contribution is -2.53. The largest absolute Gasteiger partial charge is 0.481 e. The maximum absolute atomic E-state index is 7.04. The van der Waals surface area contributed by atoms with Crippen molar-refractivity contribution in [2.75, 3.05) is 7.11 Å². The molecule has 0 saturated carbocycles. The average Bonchev–Trinajstić information content (AvgIpc) is 3.15. The molecule has 0 spiro atoms. The molecule has 4 rings (SSSR count). The summed E-state index contributed by atoms with van der Waals surface area (Å²) >= 11 is 0. The lowest BCUT2D eigenvalue weighted by molar-refractivity contribution is 0.198. The quantitative estimate of drug-likeness (QED) is 0.430. The van der Waals surface area contributed by atoms with E-state index in [0.717, 1.165) is 28.9 Å². The van der Waals surface area contributed by atoms with E-state index in [-0.39, 0.29) is 6.10 Å². The molecule has 31 heavy (non-hydrogen) atoms. The van der Waals surface area contributed by atoms with Gasteiger partial charge in [0.05, 0.1) is 24.6 Å². The molecule has 162 valence electrons. The molecule has 4 nitrogen and oxygen atoms in total. The first kappa shape index (κ1) is 21.7. The fourth-order valence-corrected chi connectivity index (χ4v) is 10.2. The molecule has 0 unspecified atom stereocenters. The second-order valence-electron chi connectivity index (χ2n) is 8.89. The highest BCUT2D eigenvalue weighted by molar-refractivity contribution is 6.90. The van der Waals surface area contributed by atoms with Crippen LogP contribution in [-0.2, 0) is 4.43 Å². The summed E-state index contributed by atoms with van der Waals surface area (Å²) in [6.07, 6.45) is 2.91. The Hall–Kier alpha value is -2.50. The van der Waals surface area contributed by atoms with Crippen molar-refractivity contribution in [1.29, 1.82) is 0 Å². The van der Waals surface area contributed by atoms with Gasteiger partial charge in [-0.05, 0) is 35.2 Å². The van der Waals surface area contributed by atoms with Gasteiger partial charge < -0.3 is 9.16 Å². The van der Waals surface area contributed by atoms with Crippen LogP contribution < -0.4 is 9.92 Å². The molecular formula is C26H32N2O2Si. The molecule has 0 fully saturated rings. The predicted molar refractivity (Wildman–Crippen MR) is 129 cm³/mol. The lowest BCUT2D eigenvalue weighted by Gasteiger charge is -2.36. The van der Waals surface area contributed by atoms with Gasteiger partial charge in [-0.15, -0.1) is 0 Å². The van der Waals surface area contributed by atoms with Gasteiger partial charge in [0.2, 0.25) is 14.2 Å². The van der Waals surface area contributed by atoms with Crippen molar-refractivity contribution in [2.24, 2.45) is 0 Å². The third-order valence-corrected chi connectivity index (χ3v) is 11.9. The van der Waals surface area contributed by atoms with Crippen LogP contribution in [0.5, 0.6) is 5.88 Å². The first-order valence-corrected chi connectivity index (χ1v) is 13.3. The van der Waals surface area contributed by atoms with Gasteiger partial charge in [-0.1, -0.05) is 65.0 Å². The van der Waals surface area contributed by atoms with Crippen molar-refractivity contribution in [3.8, 4) is 28.4 Å². The van der Waals surface area contributed by atoms with Gasteiger partial charge in [0.1, 0.15) is 0 Å². The summed E-state index contributed by atoms with van der Waals surface area (Å²) in [5, 5.41) is 1.39. The van der Waals surface area contributed by atoms with E-state index in [2.05, 4.69) is 76.0 Å². The number of pyridine rings is 2. The van der Waals surface area contributed by atoms with Gasteiger partial charge in [-0.2, -0.15) is 0 Å². The molecule has 0 radical (unpaired) electrons. The normalized spacial score (nSPS) is 17.2. The zero-order valence-corrected chi connectivity index (χ0v) is 20.3. The van der Waals surface area contributed by atoms with Gasteiger partial charge in [0.25, 0.3) is 0 Å². The summed E-state index contributed by atoms with van der Waals surface area (Å²) in [4.78, 5) is 9.65.